The van der Waals surface area contributed by atoms with Gasteiger partial charge >= 0.3 is 0 Å². The average Bonchev–Trinajstić information content (AvgIpc) is 3.14. The standard InChI is InChI=1S/C22H29F2N5O2/c1-28-7-6-25-20(28)13-26-19-5-3-4-16(10-21(30)29(2)14-19)22(31)27-12-15-8-17(23)11-18(24)9-15/h6-9,11,16,19,26H,3-5,10,12-14H2,1-2H3,(H,27,31). The van der Waals surface area contributed by atoms with Gasteiger partial charge in [0.2, 0.25) is 11.8 Å². The Hall–Kier alpha value is -2.81. The average molecular weight is 434 g/mol. The highest BCUT2D eigenvalue weighted by Gasteiger charge is 2.27. The maximum absolute atomic E-state index is 13.3. The summed E-state index contributed by atoms with van der Waals surface area (Å²) in [6, 6.07) is 3.26. The van der Waals surface area contributed by atoms with Gasteiger partial charge in [0.15, 0.2) is 0 Å². The maximum Gasteiger partial charge on any atom is 0.223 e. The predicted octanol–water partition coefficient (Wildman–Crippen LogP) is 2.12. The van der Waals surface area contributed by atoms with E-state index in [1.807, 2.05) is 17.8 Å². The molecule has 2 aromatic rings. The Balaban J connectivity index is 1.56. The first-order valence-corrected chi connectivity index (χ1v) is 10.5. The van der Waals surface area contributed by atoms with Gasteiger partial charge in [-0.2, -0.15) is 0 Å². The highest BCUT2D eigenvalue weighted by molar-refractivity contribution is 5.85. The third kappa shape index (κ3) is 6.58. The number of carbonyl (C=O) groups excluding carboxylic acids is 2. The smallest absolute Gasteiger partial charge is 0.223 e. The molecule has 0 saturated carbocycles. The summed E-state index contributed by atoms with van der Waals surface area (Å²) in [6.45, 7) is 1.17. The SMILES string of the molecule is CN1CC(NCc2nccn2C)CCCC(C(=O)NCc2cc(F)cc(F)c2)CC1=O. The molecule has 31 heavy (non-hydrogen) atoms. The molecule has 9 heteroatoms. The molecule has 168 valence electrons. The van der Waals surface area contributed by atoms with Gasteiger partial charge in [0, 0.05) is 64.0 Å². The fraction of sp³-hybridized carbons (Fsp3) is 0.500. The lowest BCUT2D eigenvalue weighted by Gasteiger charge is -2.24. The van der Waals surface area contributed by atoms with Gasteiger partial charge in [0.05, 0.1) is 6.54 Å². The van der Waals surface area contributed by atoms with Crippen molar-refractivity contribution in [3.8, 4) is 0 Å². The van der Waals surface area contributed by atoms with E-state index in [4.69, 9.17) is 0 Å². The first-order valence-electron chi connectivity index (χ1n) is 10.5. The number of hydrogen-bond acceptors (Lipinski definition) is 4. The zero-order valence-electron chi connectivity index (χ0n) is 17.9. The normalized spacial score (nSPS) is 20.1. The van der Waals surface area contributed by atoms with Crippen LogP contribution in [0, 0.1) is 17.6 Å². The lowest BCUT2D eigenvalue weighted by molar-refractivity contribution is -0.135. The molecular weight excluding hydrogens is 404 g/mol. The minimum Gasteiger partial charge on any atom is -0.352 e. The zero-order chi connectivity index (χ0) is 22.4. The van der Waals surface area contributed by atoms with Gasteiger partial charge < -0.3 is 20.1 Å². The third-order valence-corrected chi connectivity index (χ3v) is 5.68. The first-order chi connectivity index (χ1) is 14.8. The largest absolute Gasteiger partial charge is 0.352 e. The van der Waals surface area contributed by atoms with Crippen molar-refractivity contribution in [1.29, 1.82) is 0 Å². The molecule has 0 radical (unpaired) electrons. The van der Waals surface area contributed by atoms with Crippen molar-refractivity contribution >= 4 is 11.8 Å². The number of benzene rings is 1. The predicted molar refractivity (Wildman–Crippen MR) is 112 cm³/mol. The van der Waals surface area contributed by atoms with E-state index >= 15 is 0 Å². The summed E-state index contributed by atoms with van der Waals surface area (Å²) in [5, 5.41) is 6.18. The van der Waals surface area contributed by atoms with Crippen LogP contribution in [0.2, 0.25) is 0 Å². The van der Waals surface area contributed by atoms with E-state index in [0.29, 0.717) is 25.1 Å². The van der Waals surface area contributed by atoms with Crippen molar-refractivity contribution in [3.63, 3.8) is 0 Å². The second kappa shape index (κ2) is 10.5. The monoisotopic (exact) mass is 433 g/mol. The number of carbonyl (C=O) groups is 2. The van der Waals surface area contributed by atoms with E-state index in [1.54, 1.807) is 18.1 Å². The summed E-state index contributed by atoms with van der Waals surface area (Å²) in [5.41, 5.74) is 0.343. The van der Waals surface area contributed by atoms with E-state index in [0.717, 1.165) is 24.7 Å². The summed E-state index contributed by atoms with van der Waals surface area (Å²) in [5.74, 6) is -1.30. The molecule has 3 rings (SSSR count). The molecule has 2 amide bonds. The van der Waals surface area contributed by atoms with Gasteiger partial charge in [-0.05, 0) is 30.5 Å². The van der Waals surface area contributed by atoms with Gasteiger partial charge in [-0.15, -0.1) is 0 Å². The number of nitrogens with zero attached hydrogens (tertiary/aromatic N) is 3. The molecule has 0 aliphatic carbocycles. The number of imidazole rings is 1. The highest BCUT2D eigenvalue weighted by atomic mass is 19.1. The van der Waals surface area contributed by atoms with E-state index < -0.39 is 17.6 Å². The van der Waals surface area contributed by atoms with Gasteiger partial charge in [0.1, 0.15) is 17.5 Å². The number of aromatic nitrogens is 2. The molecule has 1 fully saturated rings. The van der Waals surface area contributed by atoms with Crippen LogP contribution in [0.4, 0.5) is 8.78 Å². The molecule has 0 spiro atoms. The van der Waals surface area contributed by atoms with E-state index in [9.17, 15) is 18.4 Å². The summed E-state index contributed by atoms with van der Waals surface area (Å²) in [7, 11) is 3.68. The molecule has 1 saturated heterocycles. The van der Waals surface area contributed by atoms with Crippen LogP contribution in [0.15, 0.2) is 30.6 Å². The Bertz CT molecular complexity index is 897. The first kappa shape index (κ1) is 22.9. The molecule has 1 aliphatic heterocycles. The highest BCUT2D eigenvalue weighted by Crippen LogP contribution is 2.19. The van der Waals surface area contributed by atoms with Crippen molar-refractivity contribution in [1.82, 2.24) is 25.1 Å². The van der Waals surface area contributed by atoms with Crippen LogP contribution in [0.25, 0.3) is 0 Å². The van der Waals surface area contributed by atoms with Crippen LogP contribution in [0.1, 0.15) is 37.1 Å². The maximum atomic E-state index is 13.3. The minimum atomic E-state index is -0.687. The van der Waals surface area contributed by atoms with Crippen LogP contribution in [-0.4, -0.2) is 45.9 Å². The number of nitrogens with one attached hydrogen (secondary N) is 2. The van der Waals surface area contributed by atoms with E-state index in [2.05, 4.69) is 15.6 Å². The summed E-state index contributed by atoms with van der Waals surface area (Å²) >= 11 is 0. The molecular formula is C22H29F2N5O2. The summed E-state index contributed by atoms with van der Waals surface area (Å²) in [4.78, 5) is 31.3. The Morgan fingerprint density at radius 2 is 1.90 bits per heavy atom. The lowest BCUT2D eigenvalue weighted by Crippen LogP contribution is -2.42. The molecule has 2 atom stereocenters. The molecule has 1 aromatic carbocycles. The van der Waals surface area contributed by atoms with E-state index in [1.165, 1.54) is 12.1 Å². The number of aryl methyl sites for hydroxylation is 1. The molecule has 0 bridgehead atoms. The summed E-state index contributed by atoms with van der Waals surface area (Å²) in [6.07, 6.45) is 5.93. The van der Waals surface area contributed by atoms with Crippen LogP contribution in [0.5, 0.6) is 0 Å². The fourth-order valence-electron chi connectivity index (χ4n) is 3.84. The lowest BCUT2D eigenvalue weighted by atomic mass is 9.96. The third-order valence-electron chi connectivity index (χ3n) is 5.68. The van der Waals surface area contributed by atoms with E-state index in [-0.39, 0.29) is 30.8 Å². The van der Waals surface area contributed by atoms with Crippen molar-refractivity contribution in [2.24, 2.45) is 13.0 Å². The quantitative estimate of drug-likeness (QED) is 0.732. The second-order valence-corrected chi connectivity index (χ2v) is 8.13. The molecule has 1 aromatic heterocycles. The van der Waals surface area contributed by atoms with Crippen LogP contribution in [0.3, 0.4) is 0 Å². The van der Waals surface area contributed by atoms with Gasteiger partial charge in [-0.3, -0.25) is 9.59 Å². The van der Waals surface area contributed by atoms with Crippen molar-refractivity contribution in [3.05, 3.63) is 53.6 Å². The topological polar surface area (TPSA) is 79.3 Å². The number of amides is 2. The molecule has 2 N–H and O–H groups in total. The fourth-order valence-corrected chi connectivity index (χ4v) is 3.84. The Morgan fingerprint density at radius 1 is 1.16 bits per heavy atom. The van der Waals surface area contributed by atoms with Crippen LogP contribution < -0.4 is 10.6 Å². The van der Waals surface area contributed by atoms with Crippen molar-refractivity contribution < 1.29 is 18.4 Å². The minimum absolute atomic E-state index is 0.0158. The number of hydrogen-bond donors (Lipinski definition) is 2. The zero-order valence-corrected chi connectivity index (χ0v) is 17.9. The number of likely N-dealkylation sites (N-methyl/N-ethyl adjacent to an activating group) is 1. The Morgan fingerprint density at radius 3 is 2.58 bits per heavy atom. The molecule has 7 nitrogen and oxygen atoms in total. The van der Waals surface area contributed by atoms with Gasteiger partial charge in [0.25, 0.3) is 0 Å². The Kier molecular flexibility index (Phi) is 7.73. The molecule has 2 heterocycles. The number of rotatable bonds is 6. The van der Waals surface area contributed by atoms with Gasteiger partial charge in [-0.1, -0.05) is 6.42 Å². The van der Waals surface area contributed by atoms with Crippen LogP contribution in [-0.2, 0) is 29.7 Å². The number of halogens is 2. The van der Waals surface area contributed by atoms with Crippen LogP contribution >= 0.6 is 0 Å². The molecule has 2 unspecified atom stereocenters. The van der Waals surface area contributed by atoms with Crippen molar-refractivity contribution in [2.75, 3.05) is 13.6 Å². The second-order valence-electron chi connectivity index (χ2n) is 8.13. The summed E-state index contributed by atoms with van der Waals surface area (Å²) < 4.78 is 28.6. The van der Waals surface area contributed by atoms with Gasteiger partial charge in [-0.25, -0.2) is 13.8 Å². The molecule has 1 aliphatic rings. The Labute approximate surface area is 180 Å². The van der Waals surface area contributed by atoms with Crippen molar-refractivity contribution in [2.45, 2.75) is 44.8 Å².